The highest BCUT2D eigenvalue weighted by Crippen LogP contribution is 2.19. The lowest BCUT2D eigenvalue weighted by Crippen LogP contribution is -2.56. The molecule has 0 saturated heterocycles. The van der Waals surface area contributed by atoms with Gasteiger partial charge < -0.3 is 30.0 Å². The quantitative estimate of drug-likeness (QED) is 0.354. The van der Waals surface area contributed by atoms with Gasteiger partial charge in [-0.3, -0.25) is 0 Å². The summed E-state index contributed by atoms with van der Waals surface area (Å²) in [5.41, 5.74) is 4.43. The van der Waals surface area contributed by atoms with Crippen molar-refractivity contribution in [1.29, 1.82) is 0 Å². The number of carbonyl (C=O) groups excluding carboxylic acids is 3. The number of nitrogen functional groups attached to an aromatic ring is 1. The molecule has 0 fully saturated rings. The first kappa shape index (κ1) is 28.2. The van der Waals surface area contributed by atoms with Gasteiger partial charge in [0.25, 0.3) is 0 Å². The molecule has 0 aliphatic carbocycles. The Morgan fingerprint density at radius 1 is 0.848 bits per heavy atom. The Morgan fingerprint density at radius 3 is 1.85 bits per heavy atom. The Balaban J connectivity index is 3.30. The fraction of sp³-hybridized carbons (Fsp3) is 0.625. The van der Waals surface area contributed by atoms with Gasteiger partial charge in [0.15, 0.2) is 12.1 Å². The summed E-state index contributed by atoms with van der Waals surface area (Å²) in [7, 11) is 0. The summed E-state index contributed by atoms with van der Waals surface area (Å²) in [6, 6.07) is 5.36. The van der Waals surface area contributed by atoms with Crippen LogP contribution in [0.5, 0.6) is 0 Å². The number of nitrogens with two attached hydrogens (primary N) is 1. The number of carbonyl (C=O) groups is 3. The van der Waals surface area contributed by atoms with Crippen LogP contribution >= 0.6 is 0 Å². The molecule has 0 unspecified atom stereocenters. The summed E-state index contributed by atoms with van der Waals surface area (Å²) in [6.45, 7) is 15.0. The molecule has 0 spiro atoms. The summed E-state index contributed by atoms with van der Waals surface area (Å²) < 4.78 is 22.0. The minimum atomic E-state index is -1.52. The first-order chi connectivity index (χ1) is 14.9. The molecule has 1 amide bonds. The van der Waals surface area contributed by atoms with Crippen LogP contribution in [0.1, 0.15) is 67.9 Å². The van der Waals surface area contributed by atoms with Crippen LogP contribution in [0, 0.1) is 0 Å². The Morgan fingerprint density at radius 2 is 1.36 bits per heavy atom. The number of ether oxygens (including phenoxy) is 4. The second kappa shape index (κ2) is 10.9. The van der Waals surface area contributed by atoms with E-state index < -0.39 is 47.0 Å². The largest absolute Gasteiger partial charge is 0.458 e. The number of rotatable bonds is 7. The zero-order valence-corrected chi connectivity index (χ0v) is 21.1. The summed E-state index contributed by atoms with van der Waals surface area (Å²) in [6.07, 6.45) is -2.41. The van der Waals surface area contributed by atoms with Crippen molar-refractivity contribution in [1.82, 2.24) is 5.32 Å². The van der Waals surface area contributed by atoms with Gasteiger partial charge in [-0.2, -0.15) is 0 Å². The van der Waals surface area contributed by atoms with Gasteiger partial charge in [0.1, 0.15) is 16.8 Å². The second-order valence-electron chi connectivity index (χ2n) is 10.7. The fourth-order valence-electron chi connectivity index (χ4n) is 2.59. The molecule has 0 saturated carbocycles. The smallest absolute Gasteiger partial charge is 0.408 e. The molecule has 1 aromatic rings. The van der Waals surface area contributed by atoms with Crippen molar-refractivity contribution < 1.29 is 33.3 Å². The number of nitrogens with one attached hydrogen (secondary N) is 1. The predicted octanol–water partition coefficient (Wildman–Crippen LogP) is 3.73. The van der Waals surface area contributed by atoms with Gasteiger partial charge in [-0.1, -0.05) is 12.1 Å². The molecule has 0 bridgehead atoms. The van der Waals surface area contributed by atoms with Crippen LogP contribution in [0.2, 0.25) is 0 Å². The molecule has 1 rings (SSSR count). The van der Waals surface area contributed by atoms with Crippen LogP contribution in [0.3, 0.4) is 0 Å². The van der Waals surface area contributed by atoms with Crippen LogP contribution < -0.4 is 11.1 Å². The molecule has 0 aliphatic heterocycles. The maximum absolute atomic E-state index is 13.1. The standard InChI is InChI=1S/C24H38N2O7/c1-22(2,3)31-19(27)17(26-21(29)33-24(7,8)9)18(20(28)32-23(4,5)6)30-14-15-11-10-12-16(25)13-15/h10-13,17-18H,14,25H2,1-9H3,(H,26,29)/t17-,18+/m1/s1. The molecule has 186 valence electrons. The van der Waals surface area contributed by atoms with Crippen molar-refractivity contribution in [3.63, 3.8) is 0 Å². The van der Waals surface area contributed by atoms with Gasteiger partial charge in [-0.15, -0.1) is 0 Å². The third-order valence-corrected chi connectivity index (χ3v) is 3.66. The SMILES string of the molecule is CC(C)(C)OC(=O)N[C@@H](C(=O)OC(C)(C)C)[C@H](OCc1cccc(N)c1)C(=O)OC(C)(C)C. The van der Waals surface area contributed by atoms with E-state index in [0.717, 1.165) is 0 Å². The normalized spacial score (nSPS) is 14.1. The van der Waals surface area contributed by atoms with Crippen molar-refractivity contribution in [3.05, 3.63) is 29.8 Å². The number of amides is 1. The molecule has 2 atom stereocenters. The molecular formula is C24H38N2O7. The highest BCUT2D eigenvalue weighted by molar-refractivity contribution is 5.89. The number of anilines is 1. The molecular weight excluding hydrogens is 428 g/mol. The highest BCUT2D eigenvalue weighted by atomic mass is 16.6. The number of hydrogen-bond donors (Lipinski definition) is 2. The van der Waals surface area contributed by atoms with Crippen molar-refractivity contribution in [2.45, 2.75) is 97.9 Å². The zero-order valence-electron chi connectivity index (χ0n) is 21.1. The average Bonchev–Trinajstić information content (AvgIpc) is 2.56. The Hall–Kier alpha value is -2.81. The number of esters is 2. The van der Waals surface area contributed by atoms with Crippen molar-refractivity contribution in [2.75, 3.05) is 5.73 Å². The van der Waals surface area contributed by atoms with Gasteiger partial charge in [-0.25, -0.2) is 14.4 Å². The Bertz CT molecular complexity index is 832. The highest BCUT2D eigenvalue weighted by Gasteiger charge is 2.42. The Kier molecular flexibility index (Phi) is 9.30. The van der Waals surface area contributed by atoms with E-state index in [-0.39, 0.29) is 6.61 Å². The van der Waals surface area contributed by atoms with Gasteiger partial charge in [-0.05, 0) is 80.0 Å². The summed E-state index contributed by atoms with van der Waals surface area (Å²) >= 11 is 0. The molecule has 0 radical (unpaired) electrons. The average molecular weight is 467 g/mol. The number of benzene rings is 1. The van der Waals surface area contributed by atoms with E-state index in [4.69, 9.17) is 24.7 Å². The lowest BCUT2D eigenvalue weighted by atomic mass is 10.1. The Labute approximate surface area is 196 Å². The molecule has 9 nitrogen and oxygen atoms in total. The minimum absolute atomic E-state index is 0.0652. The van der Waals surface area contributed by atoms with E-state index in [1.165, 1.54) is 0 Å². The van der Waals surface area contributed by atoms with E-state index in [1.807, 2.05) is 0 Å². The first-order valence-electron chi connectivity index (χ1n) is 10.8. The second-order valence-corrected chi connectivity index (χ2v) is 10.7. The van der Waals surface area contributed by atoms with Crippen LogP contribution in [0.15, 0.2) is 24.3 Å². The van der Waals surface area contributed by atoms with Crippen LogP contribution in [0.25, 0.3) is 0 Å². The summed E-state index contributed by atoms with van der Waals surface area (Å²) in [5.74, 6) is -1.70. The lowest BCUT2D eigenvalue weighted by Gasteiger charge is -2.31. The summed E-state index contributed by atoms with van der Waals surface area (Å²) in [4.78, 5) is 38.6. The van der Waals surface area contributed by atoms with Crippen LogP contribution in [0.4, 0.5) is 10.5 Å². The third-order valence-electron chi connectivity index (χ3n) is 3.66. The maximum atomic E-state index is 13.1. The van der Waals surface area contributed by atoms with Crippen molar-refractivity contribution in [2.24, 2.45) is 0 Å². The van der Waals surface area contributed by atoms with E-state index >= 15 is 0 Å². The fourth-order valence-corrected chi connectivity index (χ4v) is 2.59. The topological polar surface area (TPSA) is 126 Å². The van der Waals surface area contributed by atoms with Gasteiger partial charge in [0, 0.05) is 5.69 Å². The van der Waals surface area contributed by atoms with Gasteiger partial charge in [0.05, 0.1) is 6.61 Å². The zero-order chi connectivity index (χ0) is 25.6. The van der Waals surface area contributed by atoms with E-state index in [2.05, 4.69) is 5.32 Å². The van der Waals surface area contributed by atoms with E-state index in [1.54, 1.807) is 86.6 Å². The third kappa shape index (κ3) is 11.6. The predicted molar refractivity (Wildman–Crippen MR) is 124 cm³/mol. The molecule has 1 aromatic carbocycles. The number of hydrogen-bond acceptors (Lipinski definition) is 8. The number of alkyl carbamates (subject to hydrolysis) is 1. The maximum Gasteiger partial charge on any atom is 0.408 e. The van der Waals surface area contributed by atoms with E-state index in [0.29, 0.717) is 11.3 Å². The van der Waals surface area contributed by atoms with E-state index in [9.17, 15) is 14.4 Å². The molecule has 0 aliphatic rings. The monoisotopic (exact) mass is 466 g/mol. The molecule has 3 N–H and O–H groups in total. The molecule has 33 heavy (non-hydrogen) atoms. The van der Waals surface area contributed by atoms with Gasteiger partial charge in [0.2, 0.25) is 0 Å². The van der Waals surface area contributed by atoms with Gasteiger partial charge >= 0.3 is 18.0 Å². The van der Waals surface area contributed by atoms with Crippen LogP contribution in [-0.2, 0) is 35.1 Å². The van der Waals surface area contributed by atoms with Crippen molar-refractivity contribution >= 4 is 23.7 Å². The molecule has 0 heterocycles. The van der Waals surface area contributed by atoms with Crippen molar-refractivity contribution in [3.8, 4) is 0 Å². The lowest BCUT2D eigenvalue weighted by molar-refractivity contribution is -0.180. The molecule has 9 heteroatoms. The minimum Gasteiger partial charge on any atom is -0.458 e. The first-order valence-corrected chi connectivity index (χ1v) is 10.8. The summed E-state index contributed by atoms with van der Waals surface area (Å²) in [5, 5.41) is 2.42. The van der Waals surface area contributed by atoms with Crippen LogP contribution in [-0.4, -0.2) is 47.0 Å². The molecule has 0 aromatic heterocycles.